The maximum absolute atomic E-state index is 13.2. The fraction of sp³-hybridized carbons (Fsp3) is 0.348. The van der Waals surface area contributed by atoms with E-state index in [2.05, 4.69) is 11.9 Å². The van der Waals surface area contributed by atoms with Crippen LogP contribution in [0.3, 0.4) is 0 Å². The number of likely N-dealkylation sites (N-methyl/N-ethyl adjacent to an activating group) is 1. The van der Waals surface area contributed by atoms with Gasteiger partial charge in [-0.05, 0) is 67.9 Å². The van der Waals surface area contributed by atoms with Crippen molar-refractivity contribution in [1.29, 1.82) is 0 Å². The highest BCUT2D eigenvalue weighted by atomic mass is 16.5. The van der Waals surface area contributed by atoms with E-state index >= 15 is 0 Å². The summed E-state index contributed by atoms with van der Waals surface area (Å²) in [6.45, 7) is 0.934. The fourth-order valence-electron chi connectivity index (χ4n) is 4.56. The van der Waals surface area contributed by atoms with E-state index in [0.717, 1.165) is 41.8 Å². The summed E-state index contributed by atoms with van der Waals surface area (Å²) in [7, 11) is 3.74. The minimum atomic E-state index is -0.182. The highest BCUT2D eigenvalue weighted by molar-refractivity contribution is 6.02. The number of phenols is 1. The number of aromatic hydroxyl groups is 1. The number of phenolic OH excluding ortho intramolecular Hbond substituents is 1. The largest absolute Gasteiger partial charge is 0.508 e. The first-order valence-electron chi connectivity index (χ1n) is 9.39. The molecule has 0 aromatic heterocycles. The van der Waals surface area contributed by atoms with Crippen LogP contribution in [0.2, 0.25) is 0 Å². The van der Waals surface area contributed by atoms with Gasteiger partial charge in [0.15, 0.2) is 5.78 Å². The topological polar surface area (TPSA) is 49.8 Å². The average Bonchev–Trinajstić information content (AvgIpc) is 2.68. The molecule has 0 amide bonds. The number of benzene rings is 2. The lowest BCUT2D eigenvalue weighted by molar-refractivity contribution is -0.120. The van der Waals surface area contributed by atoms with Gasteiger partial charge in [0.1, 0.15) is 11.5 Å². The quantitative estimate of drug-likeness (QED) is 0.843. The lowest BCUT2D eigenvalue weighted by Gasteiger charge is -2.50. The van der Waals surface area contributed by atoms with Gasteiger partial charge in [0.05, 0.1) is 7.11 Å². The zero-order valence-electron chi connectivity index (χ0n) is 15.8. The molecule has 2 fully saturated rings. The summed E-state index contributed by atoms with van der Waals surface area (Å²) in [4.78, 5) is 15.5. The molecule has 140 valence electrons. The summed E-state index contributed by atoms with van der Waals surface area (Å²) in [6, 6.07) is 15.3. The van der Waals surface area contributed by atoms with Crippen LogP contribution in [0.25, 0.3) is 6.08 Å². The number of carbonyl (C=O) groups excluding carboxylic acids is 1. The summed E-state index contributed by atoms with van der Waals surface area (Å²) >= 11 is 0. The minimum Gasteiger partial charge on any atom is -0.508 e. The second-order valence-electron chi connectivity index (χ2n) is 7.76. The van der Waals surface area contributed by atoms with Crippen LogP contribution in [0.1, 0.15) is 30.4 Å². The molecule has 4 heteroatoms. The Balaban J connectivity index is 1.72. The zero-order chi connectivity index (χ0) is 19.0. The van der Waals surface area contributed by atoms with Gasteiger partial charge in [-0.1, -0.05) is 24.3 Å². The molecule has 1 saturated heterocycles. The van der Waals surface area contributed by atoms with Crippen LogP contribution in [0.5, 0.6) is 11.5 Å². The number of rotatable bonds is 3. The molecule has 1 aliphatic heterocycles. The van der Waals surface area contributed by atoms with Crippen molar-refractivity contribution < 1.29 is 14.6 Å². The van der Waals surface area contributed by atoms with Crippen LogP contribution in [-0.2, 0) is 10.2 Å². The van der Waals surface area contributed by atoms with Crippen molar-refractivity contribution in [2.24, 2.45) is 0 Å². The van der Waals surface area contributed by atoms with Crippen molar-refractivity contribution in [2.75, 3.05) is 20.7 Å². The highest BCUT2D eigenvalue weighted by Gasteiger charge is 2.48. The van der Waals surface area contributed by atoms with Crippen LogP contribution in [-0.4, -0.2) is 42.5 Å². The number of methoxy groups -OCH3 is 1. The second kappa shape index (κ2) is 6.86. The van der Waals surface area contributed by atoms with Crippen molar-refractivity contribution in [1.82, 2.24) is 4.90 Å². The molecule has 0 radical (unpaired) electrons. The number of piperidine rings is 1. The minimum absolute atomic E-state index is 0.0912. The van der Waals surface area contributed by atoms with Gasteiger partial charge < -0.3 is 9.84 Å². The van der Waals surface area contributed by atoms with Crippen molar-refractivity contribution in [3.63, 3.8) is 0 Å². The molecule has 2 aromatic rings. The Kier molecular flexibility index (Phi) is 4.52. The van der Waals surface area contributed by atoms with Crippen LogP contribution >= 0.6 is 0 Å². The molecule has 2 unspecified atom stereocenters. The van der Waals surface area contributed by atoms with Gasteiger partial charge >= 0.3 is 0 Å². The number of Topliss-reactive ketones (excluding diaryl/α,β-unsaturated/α-hetero) is 1. The van der Waals surface area contributed by atoms with Gasteiger partial charge in [-0.25, -0.2) is 0 Å². The Morgan fingerprint density at radius 1 is 1.22 bits per heavy atom. The molecule has 2 aromatic carbocycles. The van der Waals surface area contributed by atoms with Crippen LogP contribution in [0.4, 0.5) is 0 Å². The molecule has 2 atom stereocenters. The Morgan fingerprint density at radius 3 is 2.81 bits per heavy atom. The molecule has 2 aliphatic rings. The lowest BCUT2D eigenvalue weighted by Crippen LogP contribution is -2.53. The molecular weight excluding hydrogens is 338 g/mol. The number of ether oxygens (including phenoxy) is 1. The molecule has 1 heterocycles. The fourth-order valence-corrected chi connectivity index (χ4v) is 4.56. The van der Waals surface area contributed by atoms with Gasteiger partial charge in [0, 0.05) is 23.5 Å². The molecule has 1 aliphatic carbocycles. The van der Waals surface area contributed by atoms with E-state index in [1.54, 1.807) is 13.2 Å². The van der Waals surface area contributed by atoms with Crippen LogP contribution in [0, 0.1) is 0 Å². The number of hydrogen-bond acceptors (Lipinski definition) is 4. The Bertz CT molecular complexity index is 904. The molecule has 1 N–H and O–H groups in total. The molecule has 27 heavy (non-hydrogen) atoms. The SMILES string of the molecule is COc1cccc(/C=C2/C(=O)CC3(c4cccc(O)c4)CCN(C)C2C3)c1. The predicted molar refractivity (Wildman–Crippen MR) is 106 cm³/mol. The van der Waals surface area contributed by atoms with Gasteiger partial charge in [-0.2, -0.15) is 0 Å². The first-order valence-corrected chi connectivity index (χ1v) is 9.39. The number of fused-ring (bicyclic) bond motifs is 2. The van der Waals surface area contributed by atoms with Gasteiger partial charge in [-0.15, -0.1) is 0 Å². The summed E-state index contributed by atoms with van der Waals surface area (Å²) in [5.74, 6) is 1.25. The predicted octanol–water partition coefficient (Wildman–Crippen LogP) is 3.79. The van der Waals surface area contributed by atoms with Crippen molar-refractivity contribution >= 4 is 11.9 Å². The second-order valence-corrected chi connectivity index (χ2v) is 7.76. The van der Waals surface area contributed by atoms with E-state index in [1.807, 2.05) is 48.5 Å². The van der Waals surface area contributed by atoms with Gasteiger partial charge in [-0.3, -0.25) is 9.69 Å². The number of carbonyl (C=O) groups is 1. The maximum atomic E-state index is 13.2. The molecular formula is C23H25NO3. The molecule has 2 bridgehead atoms. The van der Waals surface area contributed by atoms with Crippen molar-refractivity contribution in [3.05, 3.63) is 65.2 Å². The first kappa shape index (κ1) is 17.8. The number of likely N-dealkylation sites (tertiary alicyclic amines) is 1. The summed E-state index contributed by atoms with van der Waals surface area (Å²) in [5.41, 5.74) is 2.76. The highest BCUT2D eigenvalue weighted by Crippen LogP contribution is 2.48. The third kappa shape index (κ3) is 3.26. The average molecular weight is 363 g/mol. The van der Waals surface area contributed by atoms with E-state index in [0.29, 0.717) is 6.42 Å². The molecule has 0 spiro atoms. The van der Waals surface area contributed by atoms with Gasteiger partial charge in [0.2, 0.25) is 0 Å². The zero-order valence-corrected chi connectivity index (χ0v) is 15.8. The summed E-state index contributed by atoms with van der Waals surface area (Å²) in [6.07, 6.45) is 4.34. The lowest BCUT2D eigenvalue weighted by atomic mass is 9.61. The third-order valence-electron chi connectivity index (χ3n) is 6.11. The number of nitrogens with zero attached hydrogens (tertiary/aromatic N) is 1. The van der Waals surface area contributed by atoms with Crippen molar-refractivity contribution in [3.8, 4) is 11.5 Å². The van der Waals surface area contributed by atoms with E-state index in [1.165, 1.54) is 0 Å². The normalized spacial score (nSPS) is 27.0. The van der Waals surface area contributed by atoms with Crippen molar-refractivity contribution in [2.45, 2.75) is 30.7 Å². The van der Waals surface area contributed by atoms with E-state index < -0.39 is 0 Å². The van der Waals surface area contributed by atoms with E-state index in [-0.39, 0.29) is 23.0 Å². The smallest absolute Gasteiger partial charge is 0.161 e. The number of hydrogen-bond donors (Lipinski definition) is 1. The molecule has 4 rings (SSSR count). The third-order valence-corrected chi connectivity index (χ3v) is 6.11. The summed E-state index contributed by atoms with van der Waals surface area (Å²) in [5, 5.41) is 9.93. The summed E-state index contributed by atoms with van der Waals surface area (Å²) < 4.78 is 5.31. The molecule has 1 saturated carbocycles. The number of ketones is 1. The Labute approximate surface area is 160 Å². The van der Waals surface area contributed by atoms with Gasteiger partial charge in [0.25, 0.3) is 0 Å². The first-order chi connectivity index (χ1) is 13.0. The Hall–Kier alpha value is -2.59. The van der Waals surface area contributed by atoms with E-state index in [4.69, 9.17) is 4.74 Å². The Morgan fingerprint density at radius 2 is 2.04 bits per heavy atom. The van der Waals surface area contributed by atoms with E-state index in [9.17, 15) is 9.90 Å². The maximum Gasteiger partial charge on any atom is 0.161 e. The standard InChI is InChI=1S/C23H25NO3/c1-24-10-9-23(17-6-4-7-18(25)13-17)14-21(24)20(22(26)15-23)12-16-5-3-8-19(11-16)27-2/h3-8,11-13,21,25H,9-10,14-15H2,1-2H3/b20-12+. The van der Waals surface area contributed by atoms with Crippen LogP contribution < -0.4 is 4.74 Å². The molecule has 4 nitrogen and oxygen atoms in total. The van der Waals surface area contributed by atoms with Crippen LogP contribution in [0.15, 0.2) is 54.1 Å². The monoisotopic (exact) mass is 363 g/mol.